The van der Waals surface area contributed by atoms with Gasteiger partial charge in [0.15, 0.2) is 0 Å². The molecule has 0 heterocycles. The fraction of sp³-hybridized carbons (Fsp3) is 0.909. The lowest BCUT2D eigenvalue weighted by Gasteiger charge is -2.06. The van der Waals surface area contributed by atoms with Crippen LogP contribution in [0, 0.1) is 11.8 Å². The second kappa shape index (κ2) is 7.07. The maximum Gasteiger partial charge on any atom is 0.0661 e. The highest BCUT2D eigenvalue weighted by Crippen LogP contribution is 1.96. The summed E-state index contributed by atoms with van der Waals surface area (Å²) in [6.07, 6.45) is 0. The van der Waals surface area contributed by atoms with Crippen molar-refractivity contribution in [2.75, 3.05) is 19.8 Å². The second-order valence-electron chi connectivity index (χ2n) is 4.15. The van der Waals surface area contributed by atoms with Crippen LogP contribution in [0.4, 0.5) is 0 Å². The lowest BCUT2D eigenvalue weighted by molar-refractivity contribution is 0.117. The van der Waals surface area contributed by atoms with Crippen molar-refractivity contribution in [3.8, 4) is 0 Å². The predicted octanol–water partition coefficient (Wildman–Crippen LogP) is 2.78. The van der Waals surface area contributed by atoms with Gasteiger partial charge in [0.2, 0.25) is 0 Å². The molecule has 2 nitrogen and oxygen atoms in total. The van der Waals surface area contributed by atoms with Gasteiger partial charge in [0.25, 0.3) is 0 Å². The molecule has 0 bridgehead atoms. The molecule has 0 rings (SSSR count). The first-order valence-corrected chi connectivity index (χ1v) is 5.12. The zero-order chi connectivity index (χ0) is 10.3. The smallest absolute Gasteiger partial charge is 0.0661 e. The third-order valence-corrected chi connectivity index (χ3v) is 1.88. The molecule has 0 aromatic rings. The van der Waals surface area contributed by atoms with Crippen LogP contribution in [-0.2, 0) is 4.74 Å². The van der Waals surface area contributed by atoms with E-state index in [-0.39, 0.29) is 0 Å². The summed E-state index contributed by atoms with van der Waals surface area (Å²) in [5, 5.41) is 0. The Labute approximate surface area is 82.4 Å². The number of ether oxygens (including phenoxy) is 1. The van der Waals surface area contributed by atoms with Gasteiger partial charge in [-0.25, -0.2) is 0 Å². The van der Waals surface area contributed by atoms with Gasteiger partial charge in [-0.2, -0.15) is 0 Å². The van der Waals surface area contributed by atoms with E-state index in [0.29, 0.717) is 11.8 Å². The van der Waals surface area contributed by atoms with E-state index in [1.54, 1.807) is 0 Å². The third kappa shape index (κ3) is 7.97. The summed E-state index contributed by atoms with van der Waals surface area (Å²) in [5.41, 5.74) is 1.22. The standard InChI is InChI=1S/C11H23NO/c1-9(2)8-13-7-6-12-11(5)10(3)4/h9-10H,6-8H2,1-5H3/b12-11+. The van der Waals surface area contributed by atoms with E-state index in [1.165, 1.54) is 5.71 Å². The Hall–Kier alpha value is -0.370. The topological polar surface area (TPSA) is 21.6 Å². The van der Waals surface area contributed by atoms with E-state index < -0.39 is 0 Å². The van der Waals surface area contributed by atoms with Crippen LogP contribution in [0.5, 0.6) is 0 Å². The summed E-state index contributed by atoms with van der Waals surface area (Å²) in [5.74, 6) is 1.18. The van der Waals surface area contributed by atoms with Crippen molar-refractivity contribution in [3.63, 3.8) is 0 Å². The predicted molar refractivity (Wildman–Crippen MR) is 58.5 cm³/mol. The van der Waals surface area contributed by atoms with Gasteiger partial charge in [-0.3, -0.25) is 4.99 Å². The van der Waals surface area contributed by atoms with E-state index in [4.69, 9.17) is 4.74 Å². The molecular formula is C11H23NO. The summed E-state index contributed by atoms with van der Waals surface area (Å²) in [7, 11) is 0. The molecule has 0 aromatic carbocycles. The van der Waals surface area contributed by atoms with Crippen molar-refractivity contribution in [2.45, 2.75) is 34.6 Å². The molecule has 0 spiro atoms. The van der Waals surface area contributed by atoms with Crippen molar-refractivity contribution in [1.29, 1.82) is 0 Å². The van der Waals surface area contributed by atoms with Crippen LogP contribution in [0.1, 0.15) is 34.6 Å². The summed E-state index contributed by atoms with van der Waals surface area (Å²) < 4.78 is 5.42. The first kappa shape index (κ1) is 12.6. The second-order valence-corrected chi connectivity index (χ2v) is 4.15. The maximum absolute atomic E-state index is 5.42. The average molecular weight is 185 g/mol. The number of rotatable bonds is 6. The minimum absolute atomic E-state index is 0.560. The third-order valence-electron chi connectivity index (χ3n) is 1.88. The van der Waals surface area contributed by atoms with Crippen LogP contribution in [0.15, 0.2) is 4.99 Å². The van der Waals surface area contributed by atoms with Gasteiger partial charge >= 0.3 is 0 Å². The van der Waals surface area contributed by atoms with E-state index in [0.717, 1.165) is 19.8 Å². The Morgan fingerprint density at radius 3 is 2.31 bits per heavy atom. The van der Waals surface area contributed by atoms with E-state index in [2.05, 4.69) is 39.6 Å². The van der Waals surface area contributed by atoms with Crippen LogP contribution in [0.3, 0.4) is 0 Å². The van der Waals surface area contributed by atoms with Gasteiger partial charge in [0.05, 0.1) is 13.2 Å². The summed E-state index contributed by atoms with van der Waals surface area (Å²) in [6.45, 7) is 13.1. The van der Waals surface area contributed by atoms with E-state index >= 15 is 0 Å². The van der Waals surface area contributed by atoms with Crippen molar-refractivity contribution in [1.82, 2.24) is 0 Å². The average Bonchev–Trinajstić information content (AvgIpc) is 2.02. The number of hydrogen-bond acceptors (Lipinski definition) is 2. The molecule has 0 fully saturated rings. The van der Waals surface area contributed by atoms with Crippen LogP contribution in [0.2, 0.25) is 0 Å². The molecule has 0 N–H and O–H groups in total. The highest BCUT2D eigenvalue weighted by molar-refractivity contribution is 5.83. The summed E-state index contributed by atoms with van der Waals surface area (Å²) in [4.78, 5) is 4.41. The lowest BCUT2D eigenvalue weighted by atomic mass is 10.1. The van der Waals surface area contributed by atoms with Crippen molar-refractivity contribution < 1.29 is 4.74 Å². The van der Waals surface area contributed by atoms with Gasteiger partial charge in [-0.05, 0) is 18.8 Å². The van der Waals surface area contributed by atoms with Crippen LogP contribution < -0.4 is 0 Å². The maximum atomic E-state index is 5.42. The van der Waals surface area contributed by atoms with Crippen LogP contribution in [-0.4, -0.2) is 25.5 Å². The highest BCUT2D eigenvalue weighted by atomic mass is 16.5. The zero-order valence-corrected chi connectivity index (χ0v) is 9.63. The normalized spacial score (nSPS) is 13.0. The monoisotopic (exact) mass is 185 g/mol. The lowest BCUT2D eigenvalue weighted by Crippen LogP contribution is -2.08. The van der Waals surface area contributed by atoms with Gasteiger partial charge < -0.3 is 4.74 Å². The SMILES string of the molecule is C/C(=N\CCOCC(C)C)C(C)C. The molecule has 0 aliphatic heterocycles. The first-order chi connectivity index (χ1) is 6.04. The summed E-state index contributed by atoms with van der Waals surface area (Å²) in [6, 6.07) is 0. The zero-order valence-electron chi connectivity index (χ0n) is 9.63. The molecule has 2 heteroatoms. The van der Waals surface area contributed by atoms with Crippen LogP contribution >= 0.6 is 0 Å². The molecule has 13 heavy (non-hydrogen) atoms. The Bertz CT molecular complexity index is 150. The molecule has 0 aromatic heterocycles. The molecular weight excluding hydrogens is 162 g/mol. The minimum atomic E-state index is 0.560. The molecule has 0 aliphatic carbocycles. The van der Waals surface area contributed by atoms with Gasteiger partial charge in [0.1, 0.15) is 0 Å². The number of aliphatic imine (C=N–C) groups is 1. The first-order valence-electron chi connectivity index (χ1n) is 5.12. The Kier molecular flexibility index (Phi) is 6.87. The number of nitrogens with zero attached hydrogens (tertiary/aromatic N) is 1. The molecule has 0 unspecified atom stereocenters. The molecule has 0 amide bonds. The molecule has 0 radical (unpaired) electrons. The van der Waals surface area contributed by atoms with E-state index in [1.807, 2.05) is 0 Å². The molecule has 0 atom stereocenters. The van der Waals surface area contributed by atoms with Crippen molar-refractivity contribution >= 4 is 5.71 Å². The number of hydrogen-bond donors (Lipinski definition) is 0. The quantitative estimate of drug-likeness (QED) is 0.460. The molecule has 78 valence electrons. The highest BCUT2D eigenvalue weighted by Gasteiger charge is 1.97. The fourth-order valence-corrected chi connectivity index (χ4v) is 0.788. The summed E-state index contributed by atoms with van der Waals surface area (Å²) >= 11 is 0. The van der Waals surface area contributed by atoms with Gasteiger partial charge in [0, 0.05) is 12.3 Å². The molecule has 0 aliphatic rings. The van der Waals surface area contributed by atoms with Gasteiger partial charge in [-0.15, -0.1) is 0 Å². The Morgan fingerprint density at radius 1 is 1.23 bits per heavy atom. The van der Waals surface area contributed by atoms with Crippen LogP contribution in [0.25, 0.3) is 0 Å². The molecule has 0 saturated carbocycles. The Balaban J connectivity index is 3.39. The fourth-order valence-electron chi connectivity index (χ4n) is 0.788. The Morgan fingerprint density at radius 2 is 1.85 bits per heavy atom. The largest absolute Gasteiger partial charge is 0.379 e. The molecule has 0 saturated heterocycles. The van der Waals surface area contributed by atoms with Gasteiger partial charge in [-0.1, -0.05) is 27.7 Å². The van der Waals surface area contributed by atoms with Crippen molar-refractivity contribution in [2.24, 2.45) is 16.8 Å². The van der Waals surface area contributed by atoms with Crippen molar-refractivity contribution in [3.05, 3.63) is 0 Å². The minimum Gasteiger partial charge on any atom is -0.379 e. The van der Waals surface area contributed by atoms with E-state index in [9.17, 15) is 0 Å².